The third-order valence-corrected chi connectivity index (χ3v) is 4.42. The van der Waals surface area contributed by atoms with E-state index in [9.17, 15) is 4.79 Å². The van der Waals surface area contributed by atoms with Crippen LogP contribution in [0.3, 0.4) is 0 Å². The molecule has 1 aromatic carbocycles. The van der Waals surface area contributed by atoms with Crippen LogP contribution >= 0.6 is 0 Å². The van der Waals surface area contributed by atoms with Crippen LogP contribution in [-0.2, 0) is 11.3 Å². The first kappa shape index (κ1) is 17.0. The summed E-state index contributed by atoms with van der Waals surface area (Å²) in [5.74, 6) is 0.801. The zero-order valence-corrected chi connectivity index (χ0v) is 14.3. The minimum atomic E-state index is -0.205. The molecule has 0 unspecified atom stereocenters. The molecule has 1 aromatic heterocycles. The summed E-state index contributed by atoms with van der Waals surface area (Å²) in [6.07, 6.45) is 3.53. The van der Waals surface area contributed by atoms with E-state index in [2.05, 4.69) is 44.5 Å². The van der Waals surface area contributed by atoms with E-state index < -0.39 is 0 Å². The molecule has 7 heteroatoms. The highest BCUT2D eigenvalue weighted by molar-refractivity contribution is 5.77. The van der Waals surface area contributed by atoms with Crippen molar-refractivity contribution in [2.24, 2.45) is 11.7 Å². The molecule has 0 aliphatic carbocycles. The Morgan fingerprint density at radius 1 is 1.36 bits per heavy atom. The first-order valence-corrected chi connectivity index (χ1v) is 8.40. The van der Waals surface area contributed by atoms with Crippen molar-refractivity contribution in [3.05, 3.63) is 42.1 Å². The first-order valence-electron chi connectivity index (χ1n) is 8.40. The van der Waals surface area contributed by atoms with Crippen molar-refractivity contribution >= 4 is 17.5 Å². The number of carbonyl (C=O) groups is 1. The van der Waals surface area contributed by atoms with Gasteiger partial charge in [-0.15, -0.1) is 0 Å². The molecule has 132 valence electrons. The van der Waals surface area contributed by atoms with E-state index in [0.29, 0.717) is 24.9 Å². The van der Waals surface area contributed by atoms with Crippen LogP contribution in [0.5, 0.6) is 5.88 Å². The van der Waals surface area contributed by atoms with Crippen LogP contribution < -0.4 is 20.7 Å². The Bertz CT molecular complexity index is 720. The SMILES string of the molecule is COc1ccnc(NCc2ccc(N3CCC[C@H](C(N)=O)C3)cc2)n1. The topological polar surface area (TPSA) is 93.4 Å². The predicted molar refractivity (Wildman–Crippen MR) is 96.5 cm³/mol. The summed E-state index contributed by atoms with van der Waals surface area (Å²) in [6, 6.07) is 9.99. The summed E-state index contributed by atoms with van der Waals surface area (Å²) in [5, 5.41) is 3.18. The average molecular weight is 341 g/mol. The number of carbonyl (C=O) groups excluding carboxylic acids is 1. The van der Waals surface area contributed by atoms with E-state index in [-0.39, 0.29) is 11.8 Å². The molecule has 0 bridgehead atoms. The van der Waals surface area contributed by atoms with E-state index in [1.54, 1.807) is 19.4 Å². The summed E-state index contributed by atoms with van der Waals surface area (Å²) >= 11 is 0. The van der Waals surface area contributed by atoms with Gasteiger partial charge >= 0.3 is 0 Å². The zero-order chi connectivity index (χ0) is 17.6. The maximum atomic E-state index is 11.4. The number of hydrogen-bond donors (Lipinski definition) is 2. The highest BCUT2D eigenvalue weighted by atomic mass is 16.5. The lowest BCUT2D eigenvalue weighted by molar-refractivity contribution is -0.122. The molecule has 1 amide bonds. The van der Waals surface area contributed by atoms with Gasteiger partial charge in [0.2, 0.25) is 17.7 Å². The number of piperidine rings is 1. The maximum absolute atomic E-state index is 11.4. The second-order valence-corrected chi connectivity index (χ2v) is 6.13. The minimum absolute atomic E-state index is 0.0553. The van der Waals surface area contributed by atoms with Gasteiger partial charge in [-0.05, 0) is 30.5 Å². The molecule has 1 aliphatic rings. The molecule has 0 saturated carbocycles. The zero-order valence-electron chi connectivity index (χ0n) is 14.3. The van der Waals surface area contributed by atoms with Gasteiger partial charge in [-0.2, -0.15) is 4.98 Å². The fourth-order valence-electron chi connectivity index (χ4n) is 2.99. The second-order valence-electron chi connectivity index (χ2n) is 6.13. The van der Waals surface area contributed by atoms with Crippen molar-refractivity contribution in [1.82, 2.24) is 9.97 Å². The van der Waals surface area contributed by atoms with Gasteiger partial charge in [0.05, 0.1) is 13.0 Å². The van der Waals surface area contributed by atoms with Crippen LogP contribution in [0.15, 0.2) is 36.5 Å². The summed E-state index contributed by atoms with van der Waals surface area (Å²) in [7, 11) is 1.58. The van der Waals surface area contributed by atoms with Gasteiger partial charge in [0.15, 0.2) is 0 Å². The molecule has 1 atom stereocenters. The monoisotopic (exact) mass is 341 g/mol. The molecule has 3 N–H and O–H groups in total. The van der Waals surface area contributed by atoms with E-state index in [1.807, 2.05) is 0 Å². The van der Waals surface area contributed by atoms with Crippen molar-refractivity contribution in [2.45, 2.75) is 19.4 Å². The summed E-state index contributed by atoms with van der Waals surface area (Å²) < 4.78 is 5.09. The lowest BCUT2D eigenvalue weighted by Gasteiger charge is -2.33. The van der Waals surface area contributed by atoms with Gasteiger partial charge in [-0.25, -0.2) is 4.98 Å². The van der Waals surface area contributed by atoms with Gasteiger partial charge in [0.1, 0.15) is 0 Å². The number of primary amides is 1. The lowest BCUT2D eigenvalue weighted by atomic mass is 9.97. The molecule has 1 saturated heterocycles. The number of nitrogens with two attached hydrogens (primary N) is 1. The molecular weight excluding hydrogens is 318 g/mol. The third-order valence-electron chi connectivity index (χ3n) is 4.42. The number of rotatable bonds is 6. The molecule has 7 nitrogen and oxygen atoms in total. The molecule has 1 fully saturated rings. The van der Waals surface area contributed by atoms with E-state index in [4.69, 9.17) is 10.5 Å². The molecule has 2 aromatic rings. The number of nitrogens with zero attached hydrogens (tertiary/aromatic N) is 3. The number of methoxy groups -OCH3 is 1. The fourth-order valence-corrected chi connectivity index (χ4v) is 2.99. The van der Waals surface area contributed by atoms with Crippen molar-refractivity contribution in [2.75, 3.05) is 30.4 Å². The first-order chi connectivity index (χ1) is 12.2. The molecule has 0 radical (unpaired) electrons. The molecular formula is C18H23N5O2. The van der Waals surface area contributed by atoms with Gasteiger partial charge in [0.25, 0.3) is 0 Å². The van der Waals surface area contributed by atoms with Crippen molar-refractivity contribution in [1.29, 1.82) is 0 Å². The van der Waals surface area contributed by atoms with Gasteiger partial charge < -0.3 is 20.7 Å². The fraction of sp³-hybridized carbons (Fsp3) is 0.389. The number of aromatic nitrogens is 2. The number of hydrogen-bond acceptors (Lipinski definition) is 6. The summed E-state index contributed by atoms with van der Waals surface area (Å²) in [4.78, 5) is 22.0. The number of amides is 1. The van der Waals surface area contributed by atoms with Crippen LogP contribution in [0.2, 0.25) is 0 Å². The van der Waals surface area contributed by atoms with Crippen LogP contribution in [0, 0.1) is 5.92 Å². The van der Waals surface area contributed by atoms with E-state index in [0.717, 1.165) is 30.6 Å². The smallest absolute Gasteiger partial charge is 0.226 e. The van der Waals surface area contributed by atoms with Crippen molar-refractivity contribution in [3.8, 4) is 5.88 Å². The summed E-state index contributed by atoms with van der Waals surface area (Å²) in [6.45, 7) is 2.28. The van der Waals surface area contributed by atoms with Crippen molar-refractivity contribution < 1.29 is 9.53 Å². The van der Waals surface area contributed by atoms with Gasteiger partial charge in [-0.3, -0.25) is 4.79 Å². The highest BCUT2D eigenvalue weighted by Gasteiger charge is 2.23. The largest absolute Gasteiger partial charge is 0.481 e. The standard InChI is InChI=1S/C18H23N5O2/c1-25-16-8-9-20-18(22-16)21-11-13-4-6-15(7-5-13)23-10-2-3-14(12-23)17(19)24/h4-9,14H,2-3,10-12H2,1H3,(H2,19,24)(H,20,21,22)/t14-/m0/s1. The van der Waals surface area contributed by atoms with Crippen LogP contribution in [0.4, 0.5) is 11.6 Å². The van der Waals surface area contributed by atoms with Crippen LogP contribution in [0.25, 0.3) is 0 Å². The Kier molecular flexibility index (Phi) is 5.33. The van der Waals surface area contributed by atoms with Gasteiger partial charge in [-0.1, -0.05) is 12.1 Å². The summed E-state index contributed by atoms with van der Waals surface area (Å²) in [5.41, 5.74) is 7.69. The minimum Gasteiger partial charge on any atom is -0.481 e. The molecule has 0 spiro atoms. The molecule has 1 aliphatic heterocycles. The Morgan fingerprint density at radius 2 is 2.16 bits per heavy atom. The van der Waals surface area contributed by atoms with Gasteiger partial charge in [0, 0.05) is 37.6 Å². The highest BCUT2D eigenvalue weighted by Crippen LogP contribution is 2.23. The number of ether oxygens (including phenoxy) is 1. The average Bonchev–Trinajstić information content (AvgIpc) is 2.67. The molecule has 3 rings (SSSR count). The molecule has 25 heavy (non-hydrogen) atoms. The van der Waals surface area contributed by atoms with Crippen LogP contribution in [-0.4, -0.2) is 36.1 Å². The Labute approximate surface area is 147 Å². The number of nitrogens with one attached hydrogen (secondary N) is 1. The predicted octanol–water partition coefficient (Wildman–Crippen LogP) is 1.80. The molecule has 2 heterocycles. The van der Waals surface area contributed by atoms with Crippen molar-refractivity contribution in [3.63, 3.8) is 0 Å². The normalized spacial score (nSPS) is 17.2. The number of anilines is 2. The third kappa shape index (κ3) is 4.37. The maximum Gasteiger partial charge on any atom is 0.226 e. The quantitative estimate of drug-likeness (QED) is 0.832. The Hall–Kier alpha value is -2.83. The van der Waals surface area contributed by atoms with E-state index >= 15 is 0 Å². The Morgan fingerprint density at radius 3 is 2.88 bits per heavy atom. The number of benzene rings is 1. The van der Waals surface area contributed by atoms with Crippen LogP contribution in [0.1, 0.15) is 18.4 Å². The van der Waals surface area contributed by atoms with E-state index in [1.165, 1.54) is 0 Å². The second kappa shape index (κ2) is 7.83. The lowest BCUT2D eigenvalue weighted by Crippen LogP contribution is -2.41. The Balaban J connectivity index is 1.59.